The number of hydrogen-bond acceptors (Lipinski definition) is 9. The van der Waals surface area contributed by atoms with Crippen molar-refractivity contribution in [2.24, 2.45) is 0 Å². The van der Waals surface area contributed by atoms with Crippen LogP contribution in [0.3, 0.4) is 0 Å². The number of carboxylic acid groups (broad SMARTS) is 1. The lowest BCUT2D eigenvalue weighted by atomic mass is 9.80. The number of aliphatic carboxylic acids is 1. The van der Waals surface area contributed by atoms with Gasteiger partial charge >= 0.3 is 13.1 Å². The Hall–Kier alpha value is -7.79. The summed E-state index contributed by atoms with van der Waals surface area (Å²) in [7, 11) is -1.43. The number of aromatic nitrogens is 6. The normalized spacial score (nSPS) is 10.6. The number of amides is 1. The molecule has 9 aromatic rings. The molecule has 0 saturated carbocycles. The standard InChI is InChI=1S/C19H19N3O.C14H13N3.C8H7BrN2.C6H8BNO2.C5H8O2/c1-3-4-8-18(23)22-16-7-5-6-14(9-16)15-10-17-13(2)11-20-19(17)21-12-15;1-9-7-16-14-13(9)6-11(8-17-14)10-3-2-4-12(15)5-10;1-5-3-10-8-7(5)2-6(9)4-11-8;8-6-3-1-2-5(4-6)7(9)10;1-2-3-4-5(6)7/h4-12H,3H2,1-2H3,(H,20,21)(H,22,23);2-8H,15H2,1H3,(H,16,17);2-4H,1H3,(H,10,11);1-4,9-10H,8H2;3-4H,2H2,1H3,(H,6,7)/b8-4+;;;;4-3+. The van der Waals surface area contributed by atoms with Gasteiger partial charge in [-0.2, -0.15) is 0 Å². The van der Waals surface area contributed by atoms with Crippen LogP contribution in [0.2, 0.25) is 0 Å². The third kappa shape index (κ3) is 15.1. The largest absolute Gasteiger partial charge is 0.488 e. The van der Waals surface area contributed by atoms with E-state index in [0.717, 1.165) is 84.7 Å². The van der Waals surface area contributed by atoms with E-state index in [0.29, 0.717) is 11.2 Å². The lowest BCUT2D eigenvalue weighted by Crippen LogP contribution is -2.29. The number of rotatable bonds is 8. The first-order valence-electron chi connectivity index (χ1n) is 21.7. The van der Waals surface area contributed by atoms with Crippen molar-refractivity contribution in [3.63, 3.8) is 0 Å². The summed E-state index contributed by atoms with van der Waals surface area (Å²) in [6.07, 6.45) is 19.2. The number of hydrogen-bond donors (Lipinski definition) is 9. The van der Waals surface area contributed by atoms with Crippen molar-refractivity contribution in [1.29, 1.82) is 0 Å². The molecule has 0 aliphatic rings. The molecule has 0 fully saturated rings. The molecule has 348 valence electrons. The van der Waals surface area contributed by atoms with E-state index in [2.05, 4.69) is 90.1 Å². The van der Waals surface area contributed by atoms with Crippen LogP contribution in [0.5, 0.6) is 0 Å². The van der Waals surface area contributed by atoms with Gasteiger partial charge in [-0.1, -0.05) is 62.4 Å². The summed E-state index contributed by atoms with van der Waals surface area (Å²) in [6, 6.07) is 28.4. The number of aromatic amines is 3. The quantitative estimate of drug-likeness (QED) is 0.0396. The number of carbonyl (C=O) groups excluding carboxylic acids is 1. The molecular formula is C52H55BBrN9O5. The van der Waals surface area contributed by atoms with Crippen molar-refractivity contribution < 1.29 is 24.7 Å². The maximum Gasteiger partial charge on any atom is 0.488 e. The second-order valence-corrected chi connectivity index (χ2v) is 16.3. The van der Waals surface area contributed by atoms with Crippen molar-refractivity contribution in [2.75, 3.05) is 16.8 Å². The predicted molar refractivity (Wildman–Crippen MR) is 281 cm³/mol. The molecular weight excluding hydrogens is 921 g/mol. The average Bonchev–Trinajstić information content (AvgIpc) is 4.02. The molecule has 16 heteroatoms. The number of pyridine rings is 3. The van der Waals surface area contributed by atoms with E-state index in [1.54, 1.807) is 36.5 Å². The number of benzene rings is 3. The van der Waals surface area contributed by atoms with Crippen molar-refractivity contribution >= 4 is 90.5 Å². The molecule has 1 amide bonds. The van der Waals surface area contributed by atoms with Gasteiger partial charge in [-0.25, -0.2) is 19.7 Å². The molecule has 9 rings (SSSR count). The van der Waals surface area contributed by atoms with Gasteiger partial charge in [-0.15, -0.1) is 0 Å². The minimum Gasteiger partial charge on any atom is -0.478 e. The third-order valence-corrected chi connectivity index (χ3v) is 10.5. The van der Waals surface area contributed by atoms with Crippen molar-refractivity contribution in [3.05, 3.63) is 174 Å². The molecule has 0 radical (unpaired) electrons. The van der Waals surface area contributed by atoms with Crippen molar-refractivity contribution in [3.8, 4) is 22.3 Å². The minimum absolute atomic E-state index is 0.112. The van der Waals surface area contributed by atoms with E-state index in [9.17, 15) is 9.59 Å². The Bertz CT molecular complexity index is 3160. The van der Waals surface area contributed by atoms with Crippen LogP contribution < -0.4 is 22.2 Å². The Kier molecular flexibility index (Phi) is 19.0. The third-order valence-electron chi connectivity index (χ3n) is 10.1. The van der Waals surface area contributed by atoms with E-state index in [1.165, 1.54) is 28.1 Å². The summed E-state index contributed by atoms with van der Waals surface area (Å²) in [5, 5.41) is 31.6. The first-order chi connectivity index (χ1) is 32.6. The molecule has 6 aromatic heterocycles. The maximum absolute atomic E-state index is 11.8. The Morgan fingerprint density at radius 3 is 1.57 bits per heavy atom. The van der Waals surface area contributed by atoms with Crippen LogP contribution in [0, 0.1) is 20.8 Å². The zero-order valence-corrected chi connectivity index (χ0v) is 40.0. The van der Waals surface area contributed by atoms with Gasteiger partial charge in [0.15, 0.2) is 0 Å². The first kappa shape index (κ1) is 51.2. The number of nitrogens with two attached hydrogens (primary N) is 2. The summed E-state index contributed by atoms with van der Waals surface area (Å²) in [6.45, 7) is 10.1. The van der Waals surface area contributed by atoms with E-state index in [4.69, 9.17) is 26.6 Å². The van der Waals surface area contributed by atoms with Crippen LogP contribution in [-0.2, 0) is 9.59 Å². The number of anilines is 3. The van der Waals surface area contributed by atoms with Gasteiger partial charge < -0.3 is 46.9 Å². The highest BCUT2D eigenvalue weighted by molar-refractivity contribution is 9.10. The van der Waals surface area contributed by atoms with Gasteiger partial charge in [0.25, 0.3) is 0 Å². The molecule has 0 spiro atoms. The lowest BCUT2D eigenvalue weighted by Gasteiger charge is -2.06. The molecule has 0 bridgehead atoms. The minimum atomic E-state index is -1.43. The number of H-pyrrole nitrogens is 3. The van der Waals surface area contributed by atoms with Gasteiger partial charge in [0.05, 0.1) is 0 Å². The molecule has 11 N–H and O–H groups in total. The predicted octanol–water partition coefficient (Wildman–Crippen LogP) is 10.2. The van der Waals surface area contributed by atoms with Crippen molar-refractivity contribution in [2.45, 2.75) is 47.5 Å². The molecule has 68 heavy (non-hydrogen) atoms. The summed E-state index contributed by atoms with van der Waals surface area (Å²) in [5.74, 6) is -0.985. The Labute approximate surface area is 403 Å². The lowest BCUT2D eigenvalue weighted by molar-refractivity contribution is -0.131. The van der Waals surface area contributed by atoms with Crippen LogP contribution in [-0.4, -0.2) is 64.1 Å². The summed E-state index contributed by atoms with van der Waals surface area (Å²) < 4.78 is 1.02. The van der Waals surface area contributed by atoms with Crippen LogP contribution in [0.25, 0.3) is 55.4 Å². The number of aryl methyl sites for hydroxylation is 3. The van der Waals surface area contributed by atoms with Crippen LogP contribution in [0.1, 0.15) is 43.4 Å². The fourth-order valence-electron chi connectivity index (χ4n) is 6.54. The molecule has 0 aliphatic carbocycles. The molecule has 0 saturated heterocycles. The SMILES string of the molecule is CC/C=C/C(=O)Nc1cccc(-c2cnc3[nH]cc(C)c3c2)c1.CC/C=C/C(=O)O.Cc1c[nH]c2ncc(-c3cccc(N)c3)cc12.Cc1c[nH]c2ncc(Br)cc12.Nc1cccc(B(O)O)c1. The number of allylic oxidation sites excluding steroid dienone is 2. The second-order valence-electron chi connectivity index (χ2n) is 15.4. The topological polar surface area (TPSA) is 245 Å². The Morgan fingerprint density at radius 1 is 0.632 bits per heavy atom. The zero-order valence-electron chi connectivity index (χ0n) is 38.5. The summed E-state index contributed by atoms with van der Waals surface area (Å²) >= 11 is 3.37. The van der Waals surface area contributed by atoms with Crippen LogP contribution in [0.15, 0.2) is 157 Å². The fraction of sp³-hybridized carbons (Fsp3) is 0.135. The average molecular weight is 977 g/mol. The molecule has 0 aliphatic heterocycles. The Balaban J connectivity index is 0.000000169. The molecule has 6 heterocycles. The van der Waals surface area contributed by atoms with E-state index in [1.807, 2.05) is 99.4 Å². The number of halogens is 1. The smallest absolute Gasteiger partial charge is 0.478 e. The monoisotopic (exact) mass is 975 g/mol. The van der Waals surface area contributed by atoms with Crippen LogP contribution >= 0.6 is 15.9 Å². The molecule has 0 unspecified atom stereocenters. The highest BCUT2D eigenvalue weighted by Gasteiger charge is 2.10. The van der Waals surface area contributed by atoms with Gasteiger partial charge in [-0.05, 0) is 143 Å². The Morgan fingerprint density at radius 2 is 1.10 bits per heavy atom. The highest BCUT2D eigenvalue weighted by atomic mass is 79.9. The van der Waals surface area contributed by atoms with Crippen molar-refractivity contribution in [1.82, 2.24) is 29.9 Å². The first-order valence-corrected chi connectivity index (χ1v) is 22.5. The van der Waals surface area contributed by atoms with Gasteiger partial charge in [0.1, 0.15) is 16.9 Å². The molecule has 0 atom stereocenters. The number of nitrogen functional groups attached to an aromatic ring is 2. The summed E-state index contributed by atoms with van der Waals surface area (Å²) in [5.41, 5.74) is 24.3. The number of fused-ring (bicyclic) bond motifs is 3. The second kappa shape index (κ2) is 25.2. The number of nitrogens with zero attached hydrogens (tertiary/aromatic N) is 3. The maximum atomic E-state index is 11.8. The summed E-state index contributed by atoms with van der Waals surface area (Å²) in [4.78, 5) is 43.9. The van der Waals surface area contributed by atoms with Crippen LogP contribution in [0.4, 0.5) is 17.1 Å². The highest BCUT2D eigenvalue weighted by Crippen LogP contribution is 2.27. The molecule has 14 nitrogen and oxygen atoms in total. The zero-order chi connectivity index (χ0) is 49.2. The van der Waals surface area contributed by atoms with Gasteiger partial charge in [-0.3, -0.25) is 4.79 Å². The van der Waals surface area contributed by atoms with Gasteiger partial charge in [0, 0.05) is 92.1 Å². The van der Waals surface area contributed by atoms with E-state index >= 15 is 0 Å². The number of carbonyl (C=O) groups is 2. The fourth-order valence-corrected chi connectivity index (χ4v) is 6.87. The molecule has 3 aromatic carbocycles. The van der Waals surface area contributed by atoms with E-state index in [-0.39, 0.29) is 5.91 Å². The number of carboxylic acids is 1. The van der Waals surface area contributed by atoms with Gasteiger partial charge in [0.2, 0.25) is 5.91 Å². The number of nitrogens with one attached hydrogen (secondary N) is 4. The van der Waals surface area contributed by atoms with E-state index < -0.39 is 13.1 Å².